The number of rotatable bonds is 11. The SMILES string of the molecule is COc1ccc2c(c1)C(c1ccc(Cl)cc1)=N[C@@H]([C@@H](C)C(=O)NCCCCCCCN)c1nnc(C)n1-2.O=C(O)C(F)(F)F. The zero-order valence-corrected chi connectivity index (χ0v) is 25.5. The molecule has 0 saturated heterocycles. The predicted molar refractivity (Wildman–Crippen MR) is 160 cm³/mol. The number of alkyl halides is 3. The fraction of sp³-hybridized carbons (Fsp3) is 0.433. The van der Waals surface area contributed by atoms with Crippen LogP contribution in [0.3, 0.4) is 0 Å². The second kappa shape index (κ2) is 15.7. The Morgan fingerprint density at radius 2 is 1.73 bits per heavy atom. The van der Waals surface area contributed by atoms with E-state index in [9.17, 15) is 18.0 Å². The number of carboxylic acids is 1. The Morgan fingerprint density at radius 1 is 1.09 bits per heavy atom. The Morgan fingerprint density at radius 3 is 2.34 bits per heavy atom. The van der Waals surface area contributed by atoms with Gasteiger partial charge in [-0.25, -0.2) is 4.79 Å². The molecule has 44 heavy (non-hydrogen) atoms. The van der Waals surface area contributed by atoms with E-state index in [2.05, 4.69) is 15.5 Å². The number of aliphatic carboxylic acids is 1. The molecule has 3 aromatic rings. The van der Waals surface area contributed by atoms with E-state index in [1.54, 1.807) is 7.11 Å². The van der Waals surface area contributed by atoms with Gasteiger partial charge in [-0.05, 0) is 56.6 Å². The number of nitrogens with one attached hydrogen (secondary N) is 1. The van der Waals surface area contributed by atoms with Crippen molar-refractivity contribution in [3.05, 3.63) is 70.3 Å². The van der Waals surface area contributed by atoms with Crippen molar-refractivity contribution >= 4 is 29.2 Å². The van der Waals surface area contributed by atoms with Gasteiger partial charge < -0.3 is 20.9 Å². The van der Waals surface area contributed by atoms with Crippen LogP contribution < -0.4 is 15.8 Å². The molecule has 1 aliphatic rings. The Hall–Kier alpha value is -3.97. The molecule has 10 nitrogen and oxygen atoms in total. The average Bonchev–Trinajstić information content (AvgIpc) is 3.30. The third-order valence-electron chi connectivity index (χ3n) is 7.01. The molecule has 0 fully saturated rings. The van der Waals surface area contributed by atoms with Gasteiger partial charge in [0.05, 0.1) is 24.4 Å². The first-order chi connectivity index (χ1) is 20.9. The van der Waals surface area contributed by atoms with E-state index in [-0.39, 0.29) is 5.91 Å². The molecule has 0 spiro atoms. The zero-order chi connectivity index (χ0) is 32.4. The van der Waals surface area contributed by atoms with Gasteiger partial charge >= 0.3 is 12.1 Å². The monoisotopic (exact) mass is 636 g/mol. The Labute approximate surface area is 258 Å². The van der Waals surface area contributed by atoms with Crippen molar-refractivity contribution in [3.63, 3.8) is 0 Å². The van der Waals surface area contributed by atoms with Crippen molar-refractivity contribution in [2.75, 3.05) is 20.2 Å². The number of benzene rings is 2. The summed E-state index contributed by atoms with van der Waals surface area (Å²) in [6, 6.07) is 12.9. The van der Waals surface area contributed by atoms with Gasteiger partial charge in [0.15, 0.2) is 5.82 Å². The van der Waals surface area contributed by atoms with Crippen LogP contribution in [0.25, 0.3) is 5.69 Å². The number of aromatic nitrogens is 3. The molecule has 4 N–H and O–H groups in total. The first-order valence-corrected chi connectivity index (χ1v) is 14.5. The topological polar surface area (TPSA) is 145 Å². The largest absolute Gasteiger partial charge is 0.497 e. The van der Waals surface area contributed by atoms with E-state index in [4.69, 9.17) is 37.0 Å². The number of carbonyl (C=O) groups is 2. The van der Waals surface area contributed by atoms with Crippen LogP contribution in [0, 0.1) is 12.8 Å². The number of nitrogens with two attached hydrogens (primary N) is 1. The molecule has 2 heterocycles. The zero-order valence-electron chi connectivity index (χ0n) is 24.7. The van der Waals surface area contributed by atoms with Gasteiger partial charge in [-0.1, -0.05) is 49.9 Å². The summed E-state index contributed by atoms with van der Waals surface area (Å²) in [6.45, 7) is 5.17. The second-order valence-electron chi connectivity index (χ2n) is 10.2. The molecule has 1 aromatic heterocycles. The minimum Gasteiger partial charge on any atom is -0.497 e. The third kappa shape index (κ3) is 8.79. The molecule has 4 rings (SSSR count). The van der Waals surface area contributed by atoms with Crippen molar-refractivity contribution in [2.45, 2.75) is 58.2 Å². The fourth-order valence-electron chi connectivity index (χ4n) is 4.65. The van der Waals surface area contributed by atoms with Crippen molar-refractivity contribution in [2.24, 2.45) is 16.6 Å². The standard InChI is InChI=1S/C28H35ClN6O2.C2HF3O2/c1-18(28(36)31-16-8-6-4-5-7-15-30)25-27-34-33-19(2)35(27)24-14-13-22(37-3)17-23(24)26(32-25)20-9-11-21(29)12-10-20;3-2(4,5)1(6)7/h9-14,17-18,25H,4-8,15-16,30H2,1-3H3,(H,31,36);(H,6,7)/t18-,25+;/m1./s1. The van der Waals surface area contributed by atoms with Crippen molar-refractivity contribution in [3.8, 4) is 11.4 Å². The van der Waals surface area contributed by atoms with E-state index >= 15 is 0 Å². The summed E-state index contributed by atoms with van der Waals surface area (Å²) in [6.07, 6.45) is 0.234. The molecule has 0 radical (unpaired) electrons. The third-order valence-corrected chi connectivity index (χ3v) is 7.26. The van der Waals surface area contributed by atoms with Gasteiger partial charge in [0.2, 0.25) is 5.91 Å². The van der Waals surface area contributed by atoms with E-state index in [1.165, 1.54) is 0 Å². The molecule has 0 aliphatic carbocycles. The highest BCUT2D eigenvalue weighted by Gasteiger charge is 2.38. The minimum absolute atomic E-state index is 0.0538. The molecule has 0 bridgehead atoms. The summed E-state index contributed by atoms with van der Waals surface area (Å²) in [5.41, 5.74) is 8.97. The van der Waals surface area contributed by atoms with Crippen molar-refractivity contribution in [1.29, 1.82) is 0 Å². The number of aryl methyl sites for hydroxylation is 1. The minimum atomic E-state index is -5.08. The lowest BCUT2D eigenvalue weighted by Gasteiger charge is -2.19. The number of fused-ring (bicyclic) bond motifs is 3. The maximum Gasteiger partial charge on any atom is 0.490 e. The van der Waals surface area contributed by atoms with E-state index in [1.807, 2.05) is 60.9 Å². The lowest BCUT2D eigenvalue weighted by Crippen LogP contribution is -2.33. The van der Waals surface area contributed by atoms with Crippen molar-refractivity contribution < 1.29 is 32.6 Å². The van der Waals surface area contributed by atoms with Crippen LogP contribution >= 0.6 is 11.6 Å². The maximum absolute atomic E-state index is 13.3. The Bertz CT molecular complexity index is 1460. The number of amides is 1. The highest BCUT2D eigenvalue weighted by molar-refractivity contribution is 6.30. The summed E-state index contributed by atoms with van der Waals surface area (Å²) in [7, 11) is 1.64. The number of unbranched alkanes of at least 4 members (excludes halogenated alkanes) is 4. The highest BCUT2D eigenvalue weighted by Crippen LogP contribution is 2.36. The molecule has 2 atom stereocenters. The molecule has 1 aliphatic heterocycles. The molecule has 238 valence electrons. The number of ether oxygens (including phenoxy) is 1. The molecule has 14 heteroatoms. The van der Waals surface area contributed by atoms with E-state index in [0.29, 0.717) is 23.1 Å². The number of carboxylic acid groups (broad SMARTS) is 1. The van der Waals surface area contributed by atoms with Crippen LogP contribution in [-0.2, 0) is 9.59 Å². The van der Waals surface area contributed by atoms with Gasteiger partial charge in [0.25, 0.3) is 0 Å². The van der Waals surface area contributed by atoms with Crippen LogP contribution in [0.1, 0.15) is 67.8 Å². The van der Waals surface area contributed by atoms with Gasteiger partial charge in [-0.3, -0.25) is 14.4 Å². The number of aliphatic imine (C=N–C) groups is 1. The number of halogens is 4. The molecular weight excluding hydrogens is 601 g/mol. The van der Waals surface area contributed by atoms with Crippen LogP contribution in [0.4, 0.5) is 13.2 Å². The van der Waals surface area contributed by atoms with Crippen LogP contribution in [0.15, 0.2) is 47.5 Å². The predicted octanol–water partition coefficient (Wildman–Crippen LogP) is 5.42. The summed E-state index contributed by atoms with van der Waals surface area (Å²) in [4.78, 5) is 27.3. The molecule has 2 aromatic carbocycles. The molecule has 0 unspecified atom stereocenters. The second-order valence-corrected chi connectivity index (χ2v) is 10.6. The average molecular weight is 637 g/mol. The molecular formula is C30H36ClF3N6O4. The van der Waals surface area contributed by atoms with Gasteiger partial charge in [-0.15, -0.1) is 10.2 Å². The quantitative estimate of drug-likeness (QED) is 0.238. The van der Waals surface area contributed by atoms with Gasteiger partial charge in [0.1, 0.15) is 17.6 Å². The number of carbonyl (C=O) groups excluding carboxylic acids is 1. The normalized spacial score (nSPS) is 14.6. The lowest BCUT2D eigenvalue weighted by molar-refractivity contribution is -0.192. The first-order valence-electron chi connectivity index (χ1n) is 14.1. The molecule has 1 amide bonds. The summed E-state index contributed by atoms with van der Waals surface area (Å²) in [5, 5.41) is 19.7. The van der Waals surface area contributed by atoms with Crippen molar-refractivity contribution in [1.82, 2.24) is 20.1 Å². The lowest BCUT2D eigenvalue weighted by atomic mass is 9.98. The maximum atomic E-state index is 13.3. The Kier molecular flexibility index (Phi) is 12.3. The van der Waals surface area contributed by atoms with E-state index < -0.39 is 24.1 Å². The number of hydrogen-bond donors (Lipinski definition) is 3. The number of hydrogen-bond acceptors (Lipinski definition) is 7. The van der Waals surface area contributed by atoms with Gasteiger partial charge in [0, 0.05) is 22.7 Å². The summed E-state index contributed by atoms with van der Waals surface area (Å²) >= 11 is 6.18. The van der Waals surface area contributed by atoms with Crippen LogP contribution in [0.5, 0.6) is 5.75 Å². The summed E-state index contributed by atoms with van der Waals surface area (Å²) in [5.74, 6) is -1.20. The number of methoxy groups -OCH3 is 1. The summed E-state index contributed by atoms with van der Waals surface area (Å²) < 4.78 is 39.3. The van der Waals surface area contributed by atoms with E-state index in [0.717, 1.165) is 67.0 Å². The first kappa shape index (κ1) is 34.5. The van der Waals surface area contributed by atoms with Gasteiger partial charge in [-0.2, -0.15) is 13.2 Å². The number of nitrogens with zero attached hydrogens (tertiary/aromatic N) is 4. The smallest absolute Gasteiger partial charge is 0.490 e. The Balaban J connectivity index is 0.000000676. The fourth-order valence-corrected chi connectivity index (χ4v) is 4.78. The van der Waals surface area contributed by atoms with Crippen LogP contribution in [-0.4, -0.2) is 63.8 Å². The highest BCUT2D eigenvalue weighted by atomic mass is 35.5. The molecule has 0 saturated carbocycles. The van der Waals surface area contributed by atoms with Crippen LogP contribution in [0.2, 0.25) is 5.02 Å².